The molecule has 1 amide bonds. The Bertz CT molecular complexity index is 474. The summed E-state index contributed by atoms with van der Waals surface area (Å²) in [5.41, 5.74) is 0. The molecular weight excluding hydrogens is 292 g/mol. The number of likely N-dealkylation sites (tertiary alicyclic amines) is 1. The summed E-state index contributed by atoms with van der Waals surface area (Å²) in [5, 5.41) is 0. The molecule has 5 heteroatoms. The fraction of sp³-hybridized carbons (Fsp3) is 0.722. The average Bonchev–Trinajstić information content (AvgIpc) is 3.13. The number of aryl methyl sites for hydroxylation is 1. The van der Waals surface area contributed by atoms with Gasteiger partial charge in [-0.1, -0.05) is 0 Å². The topological polar surface area (TPSA) is 45.9 Å². The Morgan fingerprint density at radius 3 is 2.65 bits per heavy atom. The van der Waals surface area contributed by atoms with E-state index in [4.69, 9.17) is 9.15 Å². The van der Waals surface area contributed by atoms with Crippen molar-refractivity contribution in [2.45, 2.75) is 38.6 Å². The lowest BCUT2D eigenvalue weighted by molar-refractivity contribution is -0.133. The Kier molecular flexibility index (Phi) is 5.73. The van der Waals surface area contributed by atoms with Gasteiger partial charge in [-0.15, -0.1) is 0 Å². The molecule has 23 heavy (non-hydrogen) atoms. The number of ether oxygens (including phenoxy) is 1. The zero-order chi connectivity index (χ0) is 16.1. The van der Waals surface area contributed by atoms with Gasteiger partial charge in [0.1, 0.15) is 5.76 Å². The summed E-state index contributed by atoms with van der Waals surface area (Å²) in [4.78, 5) is 16.9. The van der Waals surface area contributed by atoms with Crippen LogP contribution in [0.25, 0.3) is 0 Å². The molecule has 3 rings (SSSR count). The van der Waals surface area contributed by atoms with Crippen molar-refractivity contribution in [2.75, 3.05) is 39.4 Å². The van der Waals surface area contributed by atoms with Crippen LogP contribution in [0.1, 0.15) is 31.9 Å². The predicted octanol–water partition coefficient (Wildman–Crippen LogP) is 2.17. The van der Waals surface area contributed by atoms with Crippen LogP contribution in [0.4, 0.5) is 0 Å². The van der Waals surface area contributed by atoms with Crippen molar-refractivity contribution >= 4 is 5.91 Å². The van der Waals surface area contributed by atoms with Crippen molar-refractivity contribution in [2.24, 2.45) is 5.92 Å². The Balaban J connectivity index is 1.41. The Hall–Kier alpha value is -1.33. The highest BCUT2D eigenvalue weighted by molar-refractivity contribution is 5.76. The lowest BCUT2D eigenvalue weighted by Gasteiger charge is -2.41. The summed E-state index contributed by atoms with van der Waals surface area (Å²) >= 11 is 0. The largest absolute Gasteiger partial charge is 0.469 e. The molecule has 0 N–H and O–H groups in total. The van der Waals surface area contributed by atoms with E-state index in [1.165, 1.54) is 0 Å². The van der Waals surface area contributed by atoms with Crippen molar-refractivity contribution in [3.63, 3.8) is 0 Å². The van der Waals surface area contributed by atoms with E-state index in [0.717, 1.165) is 58.0 Å². The lowest BCUT2D eigenvalue weighted by atomic mass is 9.89. The van der Waals surface area contributed by atoms with Crippen LogP contribution in [0.3, 0.4) is 0 Å². The maximum absolute atomic E-state index is 12.3. The minimum atomic E-state index is 0.263. The molecule has 3 heterocycles. The van der Waals surface area contributed by atoms with Gasteiger partial charge in [-0.05, 0) is 37.8 Å². The molecule has 2 saturated heterocycles. The third-order valence-corrected chi connectivity index (χ3v) is 5.36. The minimum Gasteiger partial charge on any atom is -0.469 e. The van der Waals surface area contributed by atoms with Crippen LogP contribution in [0.15, 0.2) is 22.8 Å². The van der Waals surface area contributed by atoms with Crippen molar-refractivity contribution < 1.29 is 13.9 Å². The fourth-order valence-electron chi connectivity index (χ4n) is 3.76. The van der Waals surface area contributed by atoms with E-state index in [9.17, 15) is 4.79 Å². The molecule has 5 nitrogen and oxygen atoms in total. The Morgan fingerprint density at radius 1 is 1.26 bits per heavy atom. The number of hydrogen-bond donors (Lipinski definition) is 0. The van der Waals surface area contributed by atoms with Crippen molar-refractivity contribution in [1.82, 2.24) is 9.80 Å². The number of hydrogen-bond acceptors (Lipinski definition) is 4. The van der Waals surface area contributed by atoms with Crippen molar-refractivity contribution in [3.8, 4) is 0 Å². The maximum Gasteiger partial charge on any atom is 0.223 e. The molecule has 2 aliphatic heterocycles. The molecule has 1 aromatic rings. The molecule has 1 atom stereocenters. The summed E-state index contributed by atoms with van der Waals surface area (Å²) in [6, 6.07) is 4.40. The van der Waals surface area contributed by atoms with E-state index >= 15 is 0 Å². The molecule has 0 aromatic carbocycles. The fourth-order valence-corrected chi connectivity index (χ4v) is 3.76. The second-order valence-electron chi connectivity index (χ2n) is 6.69. The van der Waals surface area contributed by atoms with Crippen LogP contribution >= 0.6 is 0 Å². The molecule has 0 saturated carbocycles. The highest BCUT2D eigenvalue weighted by Gasteiger charge is 2.29. The molecule has 1 aromatic heterocycles. The normalized spacial score (nSPS) is 22.2. The number of amides is 1. The van der Waals surface area contributed by atoms with Gasteiger partial charge in [-0.2, -0.15) is 0 Å². The van der Waals surface area contributed by atoms with Gasteiger partial charge >= 0.3 is 0 Å². The van der Waals surface area contributed by atoms with Crippen LogP contribution in [0, 0.1) is 5.92 Å². The second-order valence-corrected chi connectivity index (χ2v) is 6.69. The number of morpholine rings is 1. The molecule has 0 radical (unpaired) electrons. The molecule has 0 aliphatic carbocycles. The third-order valence-electron chi connectivity index (χ3n) is 5.36. The van der Waals surface area contributed by atoms with E-state index < -0.39 is 0 Å². The summed E-state index contributed by atoms with van der Waals surface area (Å²) in [7, 11) is 0. The van der Waals surface area contributed by atoms with Gasteiger partial charge in [0.15, 0.2) is 0 Å². The van der Waals surface area contributed by atoms with Gasteiger partial charge in [0.2, 0.25) is 5.91 Å². The first-order chi connectivity index (χ1) is 11.2. The molecule has 2 aliphatic rings. The zero-order valence-corrected chi connectivity index (χ0v) is 14.1. The van der Waals surface area contributed by atoms with Gasteiger partial charge in [0, 0.05) is 45.1 Å². The maximum atomic E-state index is 12.3. The minimum absolute atomic E-state index is 0.263. The Labute approximate surface area is 138 Å². The summed E-state index contributed by atoms with van der Waals surface area (Å²) in [5.74, 6) is 1.86. The van der Waals surface area contributed by atoms with Crippen LogP contribution in [-0.2, 0) is 16.0 Å². The highest BCUT2D eigenvalue weighted by Crippen LogP contribution is 2.25. The summed E-state index contributed by atoms with van der Waals surface area (Å²) < 4.78 is 10.7. The van der Waals surface area contributed by atoms with E-state index in [1.807, 2.05) is 17.0 Å². The molecule has 2 fully saturated rings. The van der Waals surface area contributed by atoms with Crippen LogP contribution < -0.4 is 0 Å². The van der Waals surface area contributed by atoms with Gasteiger partial charge < -0.3 is 14.1 Å². The van der Waals surface area contributed by atoms with Crippen LogP contribution in [-0.4, -0.2) is 61.1 Å². The number of nitrogens with zero attached hydrogens (tertiary/aromatic N) is 2. The van der Waals surface area contributed by atoms with E-state index in [0.29, 0.717) is 24.8 Å². The van der Waals surface area contributed by atoms with Gasteiger partial charge in [-0.3, -0.25) is 9.69 Å². The quantitative estimate of drug-likeness (QED) is 0.834. The average molecular weight is 320 g/mol. The number of piperidine rings is 1. The smallest absolute Gasteiger partial charge is 0.223 e. The monoisotopic (exact) mass is 320 g/mol. The Morgan fingerprint density at radius 2 is 2.00 bits per heavy atom. The zero-order valence-electron chi connectivity index (χ0n) is 14.1. The first-order valence-corrected chi connectivity index (χ1v) is 8.86. The van der Waals surface area contributed by atoms with Crippen LogP contribution in [0.5, 0.6) is 0 Å². The number of rotatable bonds is 5. The second kappa shape index (κ2) is 7.97. The molecule has 128 valence electrons. The molecular formula is C18H28N2O3. The first kappa shape index (κ1) is 16.5. The predicted molar refractivity (Wildman–Crippen MR) is 88.2 cm³/mol. The van der Waals surface area contributed by atoms with Gasteiger partial charge in [-0.25, -0.2) is 0 Å². The van der Waals surface area contributed by atoms with Crippen molar-refractivity contribution in [3.05, 3.63) is 24.2 Å². The summed E-state index contributed by atoms with van der Waals surface area (Å²) in [6.07, 6.45) is 5.15. The van der Waals surface area contributed by atoms with E-state index in [1.54, 1.807) is 6.26 Å². The lowest BCUT2D eigenvalue weighted by Crippen LogP contribution is -2.49. The number of carbonyl (C=O) groups is 1. The van der Waals surface area contributed by atoms with Gasteiger partial charge in [0.25, 0.3) is 0 Å². The van der Waals surface area contributed by atoms with Crippen molar-refractivity contribution in [1.29, 1.82) is 0 Å². The number of furan rings is 1. The number of carbonyl (C=O) groups excluding carboxylic acids is 1. The van der Waals surface area contributed by atoms with Gasteiger partial charge in [0.05, 0.1) is 19.5 Å². The van der Waals surface area contributed by atoms with E-state index in [2.05, 4.69) is 11.8 Å². The summed E-state index contributed by atoms with van der Waals surface area (Å²) in [6.45, 7) is 7.94. The third kappa shape index (κ3) is 4.36. The molecule has 0 unspecified atom stereocenters. The standard InChI is InChI=1S/C18H28N2O3/c1-15(19-10-13-22-14-11-19)16-6-8-20(9-7-16)18(21)5-4-17-3-2-12-23-17/h2-3,12,15-16H,4-11,13-14H2,1H3/t15-/m0/s1. The molecule has 0 bridgehead atoms. The SMILES string of the molecule is C[C@@H](C1CCN(C(=O)CCc2ccco2)CC1)N1CCOCC1. The van der Waals surface area contributed by atoms with E-state index in [-0.39, 0.29) is 5.91 Å². The van der Waals surface area contributed by atoms with Crippen LogP contribution in [0.2, 0.25) is 0 Å². The first-order valence-electron chi connectivity index (χ1n) is 8.86. The highest BCUT2D eigenvalue weighted by atomic mass is 16.5. The molecule has 0 spiro atoms.